The van der Waals surface area contributed by atoms with Crippen LogP contribution in [0.3, 0.4) is 0 Å². The van der Waals surface area contributed by atoms with Crippen LogP contribution in [0.1, 0.15) is 6.92 Å². The number of para-hydroxylation sites is 1. The van der Waals surface area contributed by atoms with Crippen molar-refractivity contribution in [1.29, 1.82) is 0 Å². The number of ether oxygens (including phenoxy) is 2. The van der Waals surface area contributed by atoms with Gasteiger partial charge >= 0.3 is 35.8 Å². The second-order valence-corrected chi connectivity index (χ2v) is 5.04. The molecule has 0 saturated carbocycles. The van der Waals surface area contributed by atoms with Crippen molar-refractivity contribution in [1.82, 2.24) is 0 Å². The van der Waals surface area contributed by atoms with Crippen LogP contribution in [-0.4, -0.2) is 35.8 Å². The number of alkyl halides is 8. The minimum absolute atomic E-state index is 0.0257. The molecular formula is C15H10F8O4. The molecule has 0 bridgehead atoms. The fourth-order valence-electron chi connectivity index (χ4n) is 1.46. The fourth-order valence-corrected chi connectivity index (χ4v) is 1.46. The van der Waals surface area contributed by atoms with Gasteiger partial charge in [0.1, 0.15) is 5.75 Å². The van der Waals surface area contributed by atoms with Crippen molar-refractivity contribution in [3.63, 3.8) is 0 Å². The lowest BCUT2D eigenvalue weighted by atomic mass is 10.1. The summed E-state index contributed by atoms with van der Waals surface area (Å²) < 4.78 is 111. The molecule has 0 aliphatic rings. The number of halogens is 8. The quantitative estimate of drug-likeness (QED) is 0.295. The fraction of sp³-hybridized carbons (Fsp3) is 0.333. The highest BCUT2D eigenvalue weighted by Crippen LogP contribution is 2.52. The van der Waals surface area contributed by atoms with Gasteiger partial charge in [-0.05, 0) is 12.1 Å². The average Bonchev–Trinajstić information content (AvgIpc) is 2.52. The zero-order valence-corrected chi connectivity index (χ0v) is 13.2. The lowest BCUT2D eigenvalue weighted by molar-refractivity contribution is -0.413. The highest BCUT2D eigenvalue weighted by atomic mass is 19.4. The summed E-state index contributed by atoms with van der Waals surface area (Å²) >= 11 is 0. The number of hydrogen-bond acceptors (Lipinski definition) is 4. The Kier molecular flexibility index (Phi) is 6.24. The Hall–Kier alpha value is -2.66. The molecule has 0 amide bonds. The Morgan fingerprint density at radius 2 is 1.30 bits per heavy atom. The van der Waals surface area contributed by atoms with Crippen molar-refractivity contribution in [2.45, 2.75) is 30.8 Å². The number of carbonyl (C=O) groups is 2. The van der Waals surface area contributed by atoms with Crippen LogP contribution >= 0.6 is 0 Å². The highest BCUT2D eigenvalue weighted by molar-refractivity contribution is 5.92. The van der Waals surface area contributed by atoms with Crippen molar-refractivity contribution >= 4 is 11.9 Å². The van der Waals surface area contributed by atoms with Gasteiger partial charge in [0.05, 0.1) is 0 Å². The molecule has 1 rings (SSSR count). The summed E-state index contributed by atoms with van der Waals surface area (Å²) in [5.74, 6) is -22.6. The van der Waals surface area contributed by atoms with Crippen LogP contribution in [0.4, 0.5) is 35.1 Å². The Morgan fingerprint density at radius 1 is 0.815 bits per heavy atom. The maximum Gasteiger partial charge on any atom is 0.473 e. The third kappa shape index (κ3) is 4.95. The van der Waals surface area contributed by atoms with E-state index in [2.05, 4.69) is 9.47 Å². The predicted molar refractivity (Wildman–Crippen MR) is 72.8 cm³/mol. The first-order valence-corrected chi connectivity index (χ1v) is 6.81. The van der Waals surface area contributed by atoms with Gasteiger partial charge in [-0.15, -0.1) is 0 Å². The highest BCUT2D eigenvalue weighted by Gasteiger charge is 2.81. The summed E-state index contributed by atoms with van der Waals surface area (Å²) in [7, 11) is 0. The van der Waals surface area contributed by atoms with E-state index in [1.165, 1.54) is 24.3 Å². The Labute approximate surface area is 146 Å². The minimum Gasteiger partial charge on any atom is -0.423 e. The molecule has 0 unspecified atom stereocenters. The normalized spacial score (nSPS) is 13.5. The van der Waals surface area contributed by atoms with Crippen molar-refractivity contribution in [2.75, 3.05) is 0 Å². The second-order valence-electron chi connectivity index (χ2n) is 5.04. The first kappa shape index (κ1) is 22.4. The van der Waals surface area contributed by atoms with Gasteiger partial charge in [0.2, 0.25) is 0 Å². The standard InChI is InChI=1S/C15H10F8O4/c1-12(16,17)13(18,19)14(20,21)15(22,23)27-11(25)8-7-10(24)26-9-5-3-2-4-6-9/h2-8H,1H3/b8-7+. The molecule has 0 aromatic heterocycles. The third-order valence-electron chi connectivity index (χ3n) is 2.86. The van der Waals surface area contributed by atoms with Gasteiger partial charge in [0, 0.05) is 19.1 Å². The van der Waals surface area contributed by atoms with Gasteiger partial charge in [-0.2, -0.15) is 35.1 Å². The molecule has 1 aromatic carbocycles. The van der Waals surface area contributed by atoms with Crippen LogP contribution in [0.25, 0.3) is 0 Å². The molecular weight excluding hydrogens is 396 g/mol. The summed E-state index contributed by atoms with van der Waals surface area (Å²) in [5, 5.41) is 0. The van der Waals surface area contributed by atoms with Crippen LogP contribution in [0.2, 0.25) is 0 Å². The van der Waals surface area contributed by atoms with E-state index in [1.54, 1.807) is 6.07 Å². The Morgan fingerprint density at radius 3 is 1.78 bits per heavy atom. The van der Waals surface area contributed by atoms with Crippen LogP contribution < -0.4 is 4.74 Å². The molecule has 27 heavy (non-hydrogen) atoms. The first-order valence-electron chi connectivity index (χ1n) is 6.81. The van der Waals surface area contributed by atoms with Crippen LogP contribution in [0, 0.1) is 0 Å². The van der Waals surface area contributed by atoms with Gasteiger partial charge < -0.3 is 9.47 Å². The summed E-state index contributed by atoms with van der Waals surface area (Å²) in [6, 6.07) is 7.06. The van der Waals surface area contributed by atoms with E-state index in [9.17, 15) is 44.7 Å². The van der Waals surface area contributed by atoms with Gasteiger partial charge in [0.25, 0.3) is 0 Å². The number of esters is 2. The van der Waals surface area contributed by atoms with E-state index >= 15 is 0 Å². The Balaban J connectivity index is 2.83. The number of benzene rings is 1. The van der Waals surface area contributed by atoms with Crippen molar-refractivity contribution in [3.8, 4) is 5.75 Å². The lowest BCUT2D eigenvalue weighted by Gasteiger charge is -2.34. The second kappa shape index (κ2) is 7.53. The maximum absolute atomic E-state index is 13.2. The van der Waals surface area contributed by atoms with Gasteiger partial charge in [-0.25, -0.2) is 9.59 Å². The molecule has 0 N–H and O–H groups in total. The van der Waals surface area contributed by atoms with E-state index < -0.39 is 42.7 Å². The summed E-state index contributed by atoms with van der Waals surface area (Å²) in [6.07, 6.45) is -6.26. The zero-order valence-electron chi connectivity index (χ0n) is 13.2. The molecule has 0 aliphatic carbocycles. The van der Waals surface area contributed by atoms with E-state index in [-0.39, 0.29) is 17.9 Å². The van der Waals surface area contributed by atoms with Crippen LogP contribution in [0.15, 0.2) is 42.5 Å². The Bertz CT molecular complexity index is 710. The van der Waals surface area contributed by atoms with E-state index in [1.807, 2.05) is 0 Å². The van der Waals surface area contributed by atoms with Crippen molar-refractivity contribution in [3.05, 3.63) is 42.5 Å². The van der Waals surface area contributed by atoms with Crippen LogP contribution in [-0.2, 0) is 14.3 Å². The molecule has 0 fully saturated rings. The molecule has 0 saturated heterocycles. The first-order chi connectivity index (χ1) is 12.1. The molecule has 1 aromatic rings. The lowest BCUT2D eigenvalue weighted by Crippen LogP contribution is -2.62. The molecule has 12 heteroatoms. The largest absolute Gasteiger partial charge is 0.473 e. The van der Waals surface area contributed by atoms with Gasteiger partial charge in [-0.1, -0.05) is 18.2 Å². The minimum atomic E-state index is -6.74. The molecule has 0 spiro atoms. The predicted octanol–water partition coefficient (Wildman–Crippen LogP) is 4.21. The topological polar surface area (TPSA) is 52.6 Å². The molecule has 150 valence electrons. The summed E-state index contributed by atoms with van der Waals surface area (Å²) in [6.45, 7) is -0.710. The summed E-state index contributed by atoms with van der Waals surface area (Å²) in [5.41, 5.74) is 0. The van der Waals surface area contributed by atoms with Gasteiger partial charge in [-0.3, -0.25) is 0 Å². The SMILES string of the molecule is CC(F)(F)C(F)(F)C(F)(F)C(F)(F)OC(=O)/C=C/C(=O)Oc1ccccc1. The molecule has 0 heterocycles. The molecule has 4 nitrogen and oxygen atoms in total. The summed E-state index contributed by atoms with van der Waals surface area (Å²) in [4.78, 5) is 22.4. The van der Waals surface area contributed by atoms with E-state index in [0.29, 0.717) is 0 Å². The molecule has 0 radical (unpaired) electrons. The van der Waals surface area contributed by atoms with E-state index in [4.69, 9.17) is 0 Å². The van der Waals surface area contributed by atoms with E-state index in [0.717, 1.165) is 0 Å². The third-order valence-corrected chi connectivity index (χ3v) is 2.86. The maximum atomic E-state index is 13.2. The monoisotopic (exact) mass is 406 g/mol. The number of hydrogen-bond donors (Lipinski definition) is 0. The number of rotatable bonds is 7. The average molecular weight is 406 g/mol. The van der Waals surface area contributed by atoms with Crippen molar-refractivity contribution in [2.24, 2.45) is 0 Å². The van der Waals surface area contributed by atoms with Crippen molar-refractivity contribution < 1.29 is 54.2 Å². The smallest absolute Gasteiger partial charge is 0.423 e. The number of carbonyl (C=O) groups excluding carboxylic acids is 2. The molecule has 0 atom stereocenters. The zero-order chi connectivity index (χ0) is 21.1. The van der Waals surface area contributed by atoms with Crippen LogP contribution in [0.5, 0.6) is 5.75 Å². The molecule has 0 aliphatic heterocycles. The van der Waals surface area contributed by atoms with Gasteiger partial charge in [0.15, 0.2) is 0 Å².